The van der Waals surface area contributed by atoms with E-state index in [2.05, 4.69) is 10.5 Å². The topological polar surface area (TPSA) is 41.5 Å². The van der Waals surface area contributed by atoms with Crippen molar-refractivity contribution in [3.63, 3.8) is 0 Å². The Morgan fingerprint density at radius 1 is 1.00 bits per heavy atom. The molecule has 1 aliphatic carbocycles. The third-order valence-corrected chi connectivity index (χ3v) is 3.75. The molecule has 0 atom stereocenters. The van der Waals surface area contributed by atoms with Gasteiger partial charge in [-0.1, -0.05) is 34.8 Å². The Balaban J connectivity index is 2.17. The summed E-state index contributed by atoms with van der Waals surface area (Å²) in [5, 5.41) is 5.28. The Bertz CT molecular complexity index is 514. The van der Waals surface area contributed by atoms with Crippen LogP contribution in [0.2, 0.25) is 15.1 Å². The van der Waals surface area contributed by atoms with Gasteiger partial charge in [0, 0.05) is 6.42 Å². The van der Waals surface area contributed by atoms with Gasteiger partial charge in [0.25, 0.3) is 0 Å². The van der Waals surface area contributed by atoms with Crippen molar-refractivity contribution in [1.29, 1.82) is 0 Å². The molecule has 0 spiro atoms. The second kappa shape index (κ2) is 5.91. The lowest BCUT2D eigenvalue weighted by atomic mass is 9.97. The third-order valence-electron chi connectivity index (χ3n) is 2.71. The van der Waals surface area contributed by atoms with Crippen molar-refractivity contribution in [3.8, 4) is 0 Å². The summed E-state index contributed by atoms with van der Waals surface area (Å²) in [4.78, 5) is 11.6. The number of hydrazone groups is 1. The van der Waals surface area contributed by atoms with E-state index in [4.69, 9.17) is 34.8 Å². The molecule has 1 fully saturated rings. The number of ketones is 1. The molecule has 96 valence electrons. The summed E-state index contributed by atoms with van der Waals surface area (Å²) in [7, 11) is 0. The van der Waals surface area contributed by atoms with Gasteiger partial charge < -0.3 is 0 Å². The zero-order chi connectivity index (χ0) is 13.1. The molecule has 1 aromatic rings. The van der Waals surface area contributed by atoms with E-state index in [0.717, 1.165) is 12.8 Å². The van der Waals surface area contributed by atoms with E-state index < -0.39 is 0 Å². The highest BCUT2D eigenvalue weighted by molar-refractivity contribution is 6.44. The van der Waals surface area contributed by atoms with Crippen LogP contribution >= 0.6 is 34.8 Å². The molecular formula is C12H11Cl3N2O. The maximum atomic E-state index is 11.6. The molecule has 2 rings (SSSR count). The molecule has 0 unspecified atom stereocenters. The average molecular weight is 306 g/mol. The van der Waals surface area contributed by atoms with Gasteiger partial charge in [0.2, 0.25) is 0 Å². The highest BCUT2D eigenvalue weighted by Crippen LogP contribution is 2.32. The van der Waals surface area contributed by atoms with Crippen LogP contribution in [0.4, 0.5) is 5.69 Å². The second-order valence-electron chi connectivity index (χ2n) is 4.05. The van der Waals surface area contributed by atoms with E-state index in [1.807, 2.05) is 0 Å². The fourth-order valence-corrected chi connectivity index (χ4v) is 2.31. The van der Waals surface area contributed by atoms with Gasteiger partial charge in [0.15, 0.2) is 5.78 Å². The molecule has 3 nitrogen and oxygen atoms in total. The highest BCUT2D eigenvalue weighted by atomic mass is 35.5. The summed E-state index contributed by atoms with van der Waals surface area (Å²) in [6.45, 7) is 0. The van der Waals surface area contributed by atoms with Crippen molar-refractivity contribution in [2.24, 2.45) is 5.10 Å². The van der Waals surface area contributed by atoms with Crippen LogP contribution in [0.3, 0.4) is 0 Å². The molecule has 0 amide bonds. The molecule has 1 aliphatic rings. The van der Waals surface area contributed by atoms with Crippen molar-refractivity contribution in [3.05, 3.63) is 27.2 Å². The summed E-state index contributed by atoms with van der Waals surface area (Å²) in [5.74, 6) is 0.0879. The number of nitrogens with zero attached hydrogens (tertiary/aromatic N) is 1. The van der Waals surface area contributed by atoms with Crippen molar-refractivity contribution >= 4 is 52.0 Å². The highest BCUT2D eigenvalue weighted by Gasteiger charge is 2.16. The monoisotopic (exact) mass is 304 g/mol. The summed E-state index contributed by atoms with van der Waals surface area (Å²) >= 11 is 17.7. The normalized spacial score (nSPS) is 18.2. The smallest absolute Gasteiger partial charge is 0.178 e. The Kier molecular flexibility index (Phi) is 4.49. The van der Waals surface area contributed by atoms with Crippen LogP contribution < -0.4 is 5.43 Å². The van der Waals surface area contributed by atoms with Crippen molar-refractivity contribution < 1.29 is 4.79 Å². The van der Waals surface area contributed by atoms with Crippen molar-refractivity contribution in [2.75, 3.05) is 5.43 Å². The molecule has 1 aromatic carbocycles. The van der Waals surface area contributed by atoms with E-state index in [-0.39, 0.29) is 5.78 Å². The minimum Gasteiger partial charge on any atom is -0.293 e. The number of rotatable bonds is 2. The van der Waals surface area contributed by atoms with Crippen LogP contribution in [0, 0.1) is 0 Å². The van der Waals surface area contributed by atoms with E-state index in [1.165, 1.54) is 6.07 Å². The fourth-order valence-electron chi connectivity index (χ4n) is 1.72. The quantitative estimate of drug-likeness (QED) is 0.643. The van der Waals surface area contributed by atoms with E-state index in [1.54, 1.807) is 6.07 Å². The number of anilines is 1. The Labute approximate surface area is 120 Å². The fraction of sp³-hybridized carbons (Fsp3) is 0.333. The molecule has 0 bridgehead atoms. The molecular weight excluding hydrogens is 295 g/mol. The molecule has 1 N–H and O–H groups in total. The minimum atomic E-state index is 0.0879. The standard InChI is InChI=1S/C12H11Cl3N2O/c13-7-5-9(15)11(6-8(7)14)17-16-10-3-1-2-4-12(10)18/h5-6,17H,1-4H2. The Hall–Kier alpha value is -0.770. The van der Waals surface area contributed by atoms with E-state index in [9.17, 15) is 4.79 Å². The van der Waals surface area contributed by atoms with Crippen LogP contribution in [-0.4, -0.2) is 11.5 Å². The zero-order valence-electron chi connectivity index (χ0n) is 9.47. The molecule has 18 heavy (non-hydrogen) atoms. The first-order valence-corrected chi connectivity index (χ1v) is 6.71. The van der Waals surface area contributed by atoms with Gasteiger partial charge in [0.1, 0.15) is 5.71 Å². The number of Topliss-reactive ketones (excluding diaryl/α,β-unsaturated/α-hetero) is 1. The largest absolute Gasteiger partial charge is 0.293 e. The van der Waals surface area contributed by atoms with Crippen LogP contribution in [-0.2, 0) is 4.79 Å². The maximum Gasteiger partial charge on any atom is 0.178 e. The molecule has 0 heterocycles. The van der Waals surface area contributed by atoms with E-state index >= 15 is 0 Å². The number of halogens is 3. The lowest BCUT2D eigenvalue weighted by Crippen LogP contribution is -2.19. The van der Waals surface area contributed by atoms with Crippen LogP contribution in [0.25, 0.3) is 0 Å². The van der Waals surface area contributed by atoms with Gasteiger partial charge in [-0.05, 0) is 31.4 Å². The number of hydrogen-bond donors (Lipinski definition) is 1. The predicted molar refractivity (Wildman–Crippen MR) is 76.0 cm³/mol. The summed E-state index contributed by atoms with van der Waals surface area (Å²) < 4.78 is 0. The minimum absolute atomic E-state index is 0.0879. The third kappa shape index (κ3) is 3.16. The Morgan fingerprint density at radius 3 is 2.39 bits per heavy atom. The van der Waals surface area contributed by atoms with Crippen LogP contribution in [0.15, 0.2) is 17.2 Å². The summed E-state index contributed by atoms with van der Waals surface area (Å²) in [6.07, 6.45) is 3.19. The SMILES string of the molecule is O=C1CCCCC1=NNc1cc(Cl)c(Cl)cc1Cl. The van der Waals surface area contributed by atoms with Gasteiger partial charge >= 0.3 is 0 Å². The molecule has 0 aliphatic heterocycles. The summed E-state index contributed by atoms with van der Waals surface area (Å²) in [5.41, 5.74) is 3.87. The molecule has 1 saturated carbocycles. The van der Waals surface area contributed by atoms with Crippen LogP contribution in [0.1, 0.15) is 25.7 Å². The first kappa shape index (κ1) is 13.7. The maximum absolute atomic E-state index is 11.6. The first-order valence-electron chi connectivity index (χ1n) is 5.58. The lowest BCUT2D eigenvalue weighted by molar-refractivity contribution is -0.113. The van der Waals surface area contributed by atoms with Crippen LogP contribution in [0.5, 0.6) is 0 Å². The molecule has 0 radical (unpaired) electrons. The van der Waals surface area contributed by atoms with Gasteiger partial charge in [-0.2, -0.15) is 5.10 Å². The number of benzene rings is 1. The molecule has 0 saturated heterocycles. The Morgan fingerprint density at radius 2 is 1.67 bits per heavy atom. The average Bonchev–Trinajstić information content (AvgIpc) is 2.34. The summed E-state index contributed by atoms with van der Waals surface area (Å²) in [6, 6.07) is 3.13. The number of carbonyl (C=O) groups is 1. The van der Waals surface area contributed by atoms with Crippen molar-refractivity contribution in [1.82, 2.24) is 0 Å². The van der Waals surface area contributed by atoms with Crippen molar-refractivity contribution in [2.45, 2.75) is 25.7 Å². The number of hydrogen-bond acceptors (Lipinski definition) is 3. The zero-order valence-corrected chi connectivity index (χ0v) is 11.7. The number of nitrogens with one attached hydrogen (secondary N) is 1. The van der Waals surface area contributed by atoms with Gasteiger partial charge in [-0.25, -0.2) is 0 Å². The molecule has 0 aromatic heterocycles. The second-order valence-corrected chi connectivity index (χ2v) is 5.27. The lowest BCUT2D eigenvalue weighted by Gasteiger charge is -2.12. The van der Waals surface area contributed by atoms with Gasteiger partial charge in [-0.15, -0.1) is 0 Å². The molecule has 6 heteroatoms. The predicted octanol–water partition coefficient (Wildman–Crippen LogP) is 4.56. The van der Waals surface area contributed by atoms with Gasteiger partial charge in [0.05, 0.1) is 20.8 Å². The van der Waals surface area contributed by atoms with E-state index in [0.29, 0.717) is 39.3 Å². The first-order chi connectivity index (χ1) is 8.58. The number of carbonyl (C=O) groups excluding carboxylic acids is 1. The van der Waals surface area contributed by atoms with Gasteiger partial charge in [-0.3, -0.25) is 10.2 Å².